The lowest BCUT2D eigenvalue weighted by molar-refractivity contribution is 0.327. The highest BCUT2D eigenvalue weighted by molar-refractivity contribution is 5.90. The average Bonchev–Trinajstić information content (AvgIpc) is 2.73. The number of H-pyrrole nitrogens is 1. The molecular weight excluding hydrogens is 194 g/mol. The molecule has 0 atom stereocenters. The van der Waals surface area contributed by atoms with E-state index >= 15 is 0 Å². The zero-order valence-electron chi connectivity index (χ0n) is 8.88. The summed E-state index contributed by atoms with van der Waals surface area (Å²) in [5.41, 5.74) is 0.857. The molecule has 2 aromatic rings. The Morgan fingerprint density at radius 1 is 1.07 bits per heavy atom. The number of ether oxygens (including phenoxy) is 3. The first-order valence-electron chi connectivity index (χ1n) is 4.49. The molecule has 0 saturated heterocycles. The molecule has 15 heavy (non-hydrogen) atoms. The third-order valence-corrected chi connectivity index (χ3v) is 2.29. The van der Waals surface area contributed by atoms with Crippen LogP contribution in [0, 0.1) is 6.20 Å². The monoisotopic (exact) mass is 206 g/mol. The minimum absolute atomic E-state index is 0.586. The zero-order chi connectivity index (χ0) is 10.8. The molecular formula is C11H12NO3. The van der Waals surface area contributed by atoms with E-state index in [9.17, 15) is 0 Å². The van der Waals surface area contributed by atoms with Gasteiger partial charge in [0.1, 0.15) is 0 Å². The zero-order valence-corrected chi connectivity index (χ0v) is 8.88. The highest BCUT2D eigenvalue weighted by atomic mass is 16.5. The highest BCUT2D eigenvalue weighted by Crippen LogP contribution is 2.42. The normalized spacial score (nSPS) is 10.3. The Hall–Kier alpha value is -1.84. The molecule has 1 heterocycles. The average molecular weight is 206 g/mol. The molecule has 1 radical (unpaired) electrons. The van der Waals surface area contributed by atoms with E-state index in [-0.39, 0.29) is 0 Å². The predicted octanol–water partition coefficient (Wildman–Crippen LogP) is 1.99. The Morgan fingerprint density at radius 3 is 2.40 bits per heavy atom. The van der Waals surface area contributed by atoms with Gasteiger partial charge in [-0.2, -0.15) is 0 Å². The topological polar surface area (TPSA) is 43.5 Å². The van der Waals surface area contributed by atoms with Crippen molar-refractivity contribution in [2.75, 3.05) is 21.3 Å². The third-order valence-electron chi connectivity index (χ3n) is 2.29. The largest absolute Gasteiger partial charge is 0.493 e. The smallest absolute Gasteiger partial charge is 0.205 e. The fraction of sp³-hybridized carbons (Fsp3) is 0.273. The Bertz CT molecular complexity index is 476. The van der Waals surface area contributed by atoms with Gasteiger partial charge in [0.05, 0.1) is 33.0 Å². The first-order valence-corrected chi connectivity index (χ1v) is 4.49. The molecule has 4 nitrogen and oxygen atoms in total. The fourth-order valence-corrected chi connectivity index (χ4v) is 1.60. The lowest BCUT2D eigenvalue weighted by Crippen LogP contribution is -1.95. The maximum Gasteiger partial charge on any atom is 0.205 e. The number of aromatic nitrogens is 1. The second kappa shape index (κ2) is 3.73. The number of nitrogens with one attached hydrogen (secondary N) is 1. The van der Waals surface area contributed by atoms with Crippen molar-refractivity contribution in [1.82, 2.24) is 4.98 Å². The van der Waals surface area contributed by atoms with Crippen LogP contribution < -0.4 is 14.2 Å². The van der Waals surface area contributed by atoms with Crippen molar-refractivity contribution in [2.45, 2.75) is 0 Å². The minimum atomic E-state index is 0.586. The Balaban J connectivity index is 2.78. The summed E-state index contributed by atoms with van der Waals surface area (Å²) in [6.07, 6.45) is 2.90. The van der Waals surface area contributed by atoms with Crippen LogP contribution >= 0.6 is 0 Å². The number of rotatable bonds is 3. The second-order valence-corrected chi connectivity index (χ2v) is 3.02. The third kappa shape index (κ3) is 1.38. The summed E-state index contributed by atoms with van der Waals surface area (Å²) in [4.78, 5) is 2.98. The van der Waals surface area contributed by atoms with Crippen molar-refractivity contribution in [2.24, 2.45) is 0 Å². The van der Waals surface area contributed by atoms with Crippen molar-refractivity contribution in [3.05, 3.63) is 18.3 Å². The summed E-state index contributed by atoms with van der Waals surface area (Å²) in [6.45, 7) is 0. The van der Waals surface area contributed by atoms with Crippen LogP contribution in [0.25, 0.3) is 10.9 Å². The van der Waals surface area contributed by atoms with E-state index < -0.39 is 0 Å². The van der Waals surface area contributed by atoms with Crippen LogP contribution in [0.4, 0.5) is 0 Å². The SMILES string of the molecule is COc1cc2c[c][nH]c2c(OC)c1OC. The van der Waals surface area contributed by atoms with Crippen molar-refractivity contribution < 1.29 is 14.2 Å². The Labute approximate surface area is 87.8 Å². The molecule has 0 aliphatic heterocycles. The summed E-state index contributed by atoms with van der Waals surface area (Å²) < 4.78 is 15.8. The van der Waals surface area contributed by atoms with E-state index in [0.717, 1.165) is 10.9 Å². The number of hydrogen-bond donors (Lipinski definition) is 1. The molecule has 1 aromatic heterocycles. The van der Waals surface area contributed by atoms with E-state index in [0.29, 0.717) is 17.2 Å². The van der Waals surface area contributed by atoms with E-state index in [1.165, 1.54) is 0 Å². The summed E-state index contributed by atoms with van der Waals surface area (Å²) >= 11 is 0. The van der Waals surface area contributed by atoms with Crippen molar-refractivity contribution in [3.8, 4) is 17.2 Å². The molecule has 0 spiro atoms. The van der Waals surface area contributed by atoms with E-state index in [2.05, 4.69) is 11.2 Å². The fourth-order valence-electron chi connectivity index (χ4n) is 1.60. The minimum Gasteiger partial charge on any atom is -0.493 e. The second-order valence-electron chi connectivity index (χ2n) is 3.02. The van der Waals surface area contributed by atoms with Crippen molar-refractivity contribution in [1.29, 1.82) is 0 Å². The Kier molecular flexibility index (Phi) is 2.41. The molecule has 0 saturated carbocycles. The molecule has 1 N–H and O–H groups in total. The number of fused-ring (bicyclic) bond motifs is 1. The maximum absolute atomic E-state index is 5.29. The van der Waals surface area contributed by atoms with Gasteiger partial charge in [-0.05, 0) is 12.1 Å². The summed E-state index contributed by atoms with van der Waals surface area (Å²) in [5.74, 6) is 1.87. The molecule has 1 aromatic carbocycles. The van der Waals surface area contributed by atoms with Crippen LogP contribution in [0.2, 0.25) is 0 Å². The van der Waals surface area contributed by atoms with Gasteiger partial charge in [-0.3, -0.25) is 0 Å². The molecule has 0 fully saturated rings. The molecule has 0 aliphatic carbocycles. The molecule has 0 aliphatic rings. The molecule has 2 rings (SSSR count). The van der Waals surface area contributed by atoms with Gasteiger partial charge in [-0.25, -0.2) is 0 Å². The van der Waals surface area contributed by atoms with Gasteiger partial charge >= 0.3 is 0 Å². The molecule has 79 valence electrons. The number of benzene rings is 1. The van der Waals surface area contributed by atoms with Gasteiger partial charge in [0.25, 0.3) is 0 Å². The van der Waals surface area contributed by atoms with Crippen LogP contribution in [0.5, 0.6) is 17.2 Å². The van der Waals surface area contributed by atoms with Crippen LogP contribution in [0.1, 0.15) is 0 Å². The molecule has 4 heteroatoms. The Morgan fingerprint density at radius 2 is 1.80 bits per heavy atom. The number of aromatic amines is 1. The van der Waals surface area contributed by atoms with E-state index in [1.54, 1.807) is 21.3 Å². The van der Waals surface area contributed by atoms with Gasteiger partial charge in [-0.15, -0.1) is 0 Å². The lowest BCUT2D eigenvalue weighted by atomic mass is 10.2. The van der Waals surface area contributed by atoms with Crippen molar-refractivity contribution in [3.63, 3.8) is 0 Å². The number of methoxy groups -OCH3 is 3. The summed E-state index contributed by atoms with van der Waals surface area (Å²) in [5, 5.41) is 0.976. The van der Waals surface area contributed by atoms with Gasteiger partial charge in [0.2, 0.25) is 5.75 Å². The first kappa shape index (κ1) is 9.71. The first-order chi connectivity index (χ1) is 7.31. The predicted molar refractivity (Wildman–Crippen MR) is 56.8 cm³/mol. The standard InChI is InChI=1S/C11H12NO3/c1-13-8-6-7-4-5-12-9(7)11(15-3)10(8)14-2/h4,6,12H,1-3H3. The van der Waals surface area contributed by atoms with Crippen LogP contribution in [-0.2, 0) is 0 Å². The molecule has 0 unspecified atom stereocenters. The quantitative estimate of drug-likeness (QED) is 0.835. The lowest BCUT2D eigenvalue weighted by Gasteiger charge is -2.12. The van der Waals surface area contributed by atoms with Crippen LogP contribution in [-0.4, -0.2) is 26.3 Å². The van der Waals surface area contributed by atoms with Gasteiger partial charge < -0.3 is 19.2 Å². The summed E-state index contributed by atoms with van der Waals surface area (Å²) in [7, 11) is 4.77. The molecule has 0 bridgehead atoms. The van der Waals surface area contributed by atoms with Crippen LogP contribution in [0.15, 0.2) is 12.1 Å². The van der Waals surface area contributed by atoms with E-state index in [1.807, 2.05) is 12.1 Å². The molecule has 0 amide bonds. The van der Waals surface area contributed by atoms with Gasteiger partial charge in [0.15, 0.2) is 11.5 Å². The van der Waals surface area contributed by atoms with Gasteiger partial charge in [0, 0.05) is 5.39 Å². The highest BCUT2D eigenvalue weighted by Gasteiger charge is 2.16. The van der Waals surface area contributed by atoms with Gasteiger partial charge in [-0.1, -0.05) is 0 Å². The van der Waals surface area contributed by atoms with Crippen LogP contribution in [0.3, 0.4) is 0 Å². The number of hydrogen-bond acceptors (Lipinski definition) is 3. The summed E-state index contributed by atoms with van der Waals surface area (Å²) in [6, 6.07) is 3.71. The maximum atomic E-state index is 5.29. The van der Waals surface area contributed by atoms with Crippen molar-refractivity contribution >= 4 is 10.9 Å². The van der Waals surface area contributed by atoms with E-state index in [4.69, 9.17) is 14.2 Å².